The fourth-order valence-corrected chi connectivity index (χ4v) is 1.71. The molecular formula is C10H5Cl2F7N2. The van der Waals surface area contributed by atoms with Gasteiger partial charge >= 0.3 is 18.5 Å². The molecule has 1 aromatic carbocycles. The first kappa shape index (κ1) is 17.8. The van der Waals surface area contributed by atoms with E-state index in [-0.39, 0.29) is 0 Å². The molecule has 0 amide bonds. The number of hydrogen-bond acceptors (Lipinski definition) is 1. The van der Waals surface area contributed by atoms with E-state index >= 15 is 0 Å². The highest BCUT2D eigenvalue weighted by atomic mass is 35.5. The molecule has 0 saturated heterocycles. The Hall–Kier alpha value is -1.22. The number of halogens is 9. The van der Waals surface area contributed by atoms with Gasteiger partial charge in [-0.2, -0.15) is 22.0 Å². The van der Waals surface area contributed by atoms with Crippen molar-refractivity contribution < 1.29 is 30.7 Å². The van der Waals surface area contributed by atoms with E-state index in [4.69, 9.17) is 28.9 Å². The van der Waals surface area contributed by atoms with Gasteiger partial charge in [0, 0.05) is 0 Å². The number of aliphatic imine (C=N–C) groups is 1. The number of alkyl halides is 7. The van der Waals surface area contributed by atoms with Crippen molar-refractivity contribution in [2.24, 2.45) is 10.7 Å². The molecule has 118 valence electrons. The third kappa shape index (κ3) is 3.91. The summed E-state index contributed by atoms with van der Waals surface area (Å²) in [6.45, 7) is 0. The zero-order chi connectivity index (χ0) is 16.6. The van der Waals surface area contributed by atoms with Gasteiger partial charge in [0.2, 0.25) is 0 Å². The van der Waals surface area contributed by atoms with Crippen LogP contribution in [0.25, 0.3) is 0 Å². The molecule has 0 aliphatic carbocycles. The van der Waals surface area contributed by atoms with Gasteiger partial charge in [0.15, 0.2) is 5.84 Å². The molecule has 0 spiro atoms. The van der Waals surface area contributed by atoms with Crippen LogP contribution in [-0.4, -0.2) is 18.2 Å². The minimum Gasteiger partial charge on any atom is -0.382 e. The van der Waals surface area contributed by atoms with Gasteiger partial charge in [0.25, 0.3) is 0 Å². The first-order valence-corrected chi connectivity index (χ1v) is 5.69. The van der Waals surface area contributed by atoms with Gasteiger partial charge in [0.1, 0.15) is 5.69 Å². The van der Waals surface area contributed by atoms with Gasteiger partial charge in [-0.05, 0) is 12.1 Å². The average molecular weight is 357 g/mol. The van der Waals surface area contributed by atoms with E-state index in [1.807, 2.05) is 0 Å². The predicted molar refractivity (Wildman–Crippen MR) is 63.7 cm³/mol. The van der Waals surface area contributed by atoms with Crippen LogP contribution in [0.5, 0.6) is 0 Å². The van der Waals surface area contributed by atoms with E-state index in [0.29, 0.717) is 12.1 Å². The summed E-state index contributed by atoms with van der Waals surface area (Å²) in [5.74, 6) is -6.59. The first-order valence-electron chi connectivity index (χ1n) is 4.94. The lowest BCUT2D eigenvalue weighted by atomic mass is 10.2. The third-order valence-electron chi connectivity index (χ3n) is 2.19. The molecule has 2 N–H and O–H groups in total. The monoisotopic (exact) mass is 356 g/mol. The Morgan fingerprint density at radius 2 is 1.48 bits per heavy atom. The minimum absolute atomic E-state index is 0.361. The van der Waals surface area contributed by atoms with Crippen molar-refractivity contribution in [3.63, 3.8) is 0 Å². The number of hydrogen-bond donors (Lipinski definition) is 1. The maximum Gasteiger partial charge on any atom is 0.416 e. The summed E-state index contributed by atoms with van der Waals surface area (Å²) >= 11 is 10.9. The molecule has 2 nitrogen and oxygen atoms in total. The highest BCUT2D eigenvalue weighted by Crippen LogP contribution is 2.40. The van der Waals surface area contributed by atoms with Gasteiger partial charge in [-0.1, -0.05) is 23.2 Å². The van der Waals surface area contributed by atoms with Crippen LogP contribution in [0.2, 0.25) is 10.0 Å². The maximum atomic E-state index is 12.9. The smallest absolute Gasteiger partial charge is 0.382 e. The standard InChI is InChI=1S/C10H5Cl2F7N2/c11-4-1-3(10(17,18)19)2-5(12)6(4)21-8(20)9(15,16)7(13)14/h1-2,7H,(H2,20,21). The maximum absolute atomic E-state index is 12.9. The lowest BCUT2D eigenvalue weighted by Crippen LogP contribution is -2.41. The molecule has 0 bridgehead atoms. The molecule has 0 unspecified atom stereocenters. The Morgan fingerprint density at radius 1 is 1.05 bits per heavy atom. The van der Waals surface area contributed by atoms with E-state index in [0.717, 1.165) is 0 Å². The zero-order valence-corrected chi connectivity index (χ0v) is 11.2. The normalized spacial score (nSPS) is 13.9. The largest absolute Gasteiger partial charge is 0.416 e. The van der Waals surface area contributed by atoms with Crippen LogP contribution in [0.15, 0.2) is 17.1 Å². The number of benzene rings is 1. The summed E-state index contributed by atoms with van der Waals surface area (Å²) < 4.78 is 87.2. The number of nitrogens with two attached hydrogens (primary N) is 1. The molecule has 0 radical (unpaired) electrons. The van der Waals surface area contributed by atoms with Gasteiger partial charge in [-0.3, -0.25) is 0 Å². The molecule has 21 heavy (non-hydrogen) atoms. The van der Waals surface area contributed by atoms with Crippen molar-refractivity contribution in [1.29, 1.82) is 0 Å². The van der Waals surface area contributed by atoms with Crippen LogP contribution in [0, 0.1) is 0 Å². The average Bonchev–Trinajstić information content (AvgIpc) is 2.31. The Morgan fingerprint density at radius 3 is 1.81 bits per heavy atom. The van der Waals surface area contributed by atoms with Crippen LogP contribution in [0.4, 0.5) is 36.4 Å². The Labute approximate surface area is 123 Å². The SMILES string of the molecule is NC(=Nc1c(Cl)cc(C(F)(F)F)cc1Cl)C(F)(F)C(F)F. The fourth-order valence-electron chi connectivity index (χ4n) is 1.14. The van der Waals surface area contributed by atoms with Crippen LogP contribution in [0.3, 0.4) is 0 Å². The van der Waals surface area contributed by atoms with Crippen LogP contribution < -0.4 is 5.73 Å². The van der Waals surface area contributed by atoms with Crippen molar-refractivity contribution in [3.8, 4) is 0 Å². The molecule has 0 atom stereocenters. The lowest BCUT2D eigenvalue weighted by molar-refractivity contribution is -0.137. The molecule has 0 heterocycles. The van der Waals surface area contributed by atoms with Crippen LogP contribution in [0.1, 0.15) is 5.56 Å². The predicted octanol–water partition coefficient (Wildman–Crippen LogP) is 4.90. The minimum atomic E-state index is -4.78. The molecular weight excluding hydrogens is 352 g/mol. The van der Waals surface area contributed by atoms with Gasteiger partial charge in [-0.25, -0.2) is 13.8 Å². The van der Waals surface area contributed by atoms with E-state index in [1.54, 1.807) is 0 Å². The quantitative estimate of drug-likeness (QED) is 0.466. The molecule has 0 aliphatic rings. The second-order valence-electron chi connectivity index (χ2n) is 3.71. The third-order valence-corrected chi connectivity index (χ3v) is 2.77. The molecule has 0 aromatic heterocycles. The van der Waals surface area contributed by atoms with E-state index in [1.165, 1.54) is 0 Å². The summed E-state index contributed by atoms with van der Waals surface area (Å²) in [4.78, 5) is 2.91. The van der Waals surface area contributed by atoms with Crippen molar-refractivity contribution in [2.75, 3.05) is 0 Å². The van der Waals surface area contributed by atoms with E-state index in [9.17, 15) is 30.7 Å². The van der Waals surface area contributed by atoms with Crippen molar-refractivity contribution in [2.45, 2.75) is 18.5 Å². The van der Waals surface area contributed by atoms with Crippen molar-refractivity contribution in [1.82, 2.24) is 0 Å². The summed E-state index contributed by atoms with van der Waals surface area (Å²) in [6, 6.07) is 0.722. The lowest BCUT2D eigenvalue weighted by Gasteiger charge is -2.15. The molecule has 1 aromatic rings. The van der Waals surface area contributed by atoms with Crippen molar-refractivity contribution >= 4 is 34.7 Å². The topological polar surface area (TPSA) is 38.4 Å². The van der Waals surface area contributed by atoms with Gasteiger partial charge in [-0.15, -0.1) is 0 Å². The second-order valence-corrected chi connectivity index (χ2v) is 4.52. The molecule has 0 aliphatic heterocycles. The first-order chi connectivity index (χ1) is 9.37. The summed E-state index contributed by atoms with van der Waals surface area (Å²) in [5, 5.41) is -1.52. The zero-order valence-electron chi connectivity index (χ0n) is 9.66. The van der Waals surface area contributed by atoms with Gasteiger partial charge in [0.05, 0.1) is 15.6 Å². The number of nitrogens with zero attached hydrogens (tertiary/aromatic N) is 1. The fraction of sp³-hybridized carbons (Fsp3) is 0.300. The molecule has 1 rings (SSSR count). The van der Waals surface area contributed by atoms with Crippen LogP contribution >= 0.6 is 23.2 Å². The highest BCUT2D eigenvalue weighted by Gasteiger charge is 2.45. The van der Waals surface area contributed by atoms with E-state index < -0.39 is 45.7 Å². The van der Waals surface area contributed by atoms with Crippen molar-refractivity contribution in [3.05, 3.63) is 27.7 Å². The summed E-state index contributed by atoms with van der Waals surface area (Å²) in [6.07, 6.45) is -8.93. The Balaban J connectivity index is 3.34. The van der Waals surface area contributed by atoms with Crippen LogP contribution in [-0.2, 0) is 6.18 Å². The Bertz CT molecular complexity index is 546. The summed E-state index contributed by atoms with van der Waals surface area (Å²) in [5.41, 5.74) is 2.71. The molecule has 0 saturated carbocycles. The summed E-state index contributed by atoms with van der Waals surface area (Å²) in [7, 11) is 0. The van der Waals surface area contributed by atoms with Gasteiger partial charge < -0.3 is 5.73 Å². The Kier molecular flexibility index (Phi) is 4.99. The van der Waals surface area contributed by atoms with E-state index in [2.05, 4.69) is 4.99 Å². The number of rotatable bonds is 3. The molecule has 0 fully saturated rings. The molecule has 11 heteroatoms. The number of amidine groups is 1. The second kappa shape index (κ2) is 5.88. The highest BCUT2D eigenvalue weighted by molar-refractivity contribution is 6.39.